The van der Waals surface area contributed by atoms with Crippen molar-refractivity contribution in [1.82, 2.24) is 5.32 Å². The van der Waals surface area contributed by atoms with E-state index in [1.807, 2.05) is 25.1 Å². The minimum absolute atomic E-state index is 0.0454. The Labute approximate surface area is 113 Å². The molecule has 1 aliphatic heterocycles. The van der Waals surface area contributed by atoms with E-state index < -0.39 is 0 Å². The summed E-state index contributed by atoms with van der Waals surface area (Å²) in [5.41, 5.74) is 2.57. The predicted octanol–water partition coefficient (Wildman–Crippen LogP) is 1.54. The normalized spacial score (nSPS) is 14.8. The van der Waals surface area contributed by atoms with Crippen molar-refractivity contribution in [1.29, 1.82) is 0 Å². The number of rotatable bonds is 5. The molecule has 0 saturated heterocycles. The van der Waals surface area contributed by atoms with E-state index in [4.69, 9.17) is 4.74 Å². The van der Waals surface area contributed by atoms with Crippen LogP contribution in [0.1, 0.15) is 17.3 Å². The molecule has 1 heterocycles. The summed E-state index contributed by atoms with van der Waals surface area (Å²) in [6.07, 6.45) is 0. The van der Waals surface area contributed by atoms with Gasteiger partial charge in [0.25, 0.3) is 5.91 Å². The highest BCUT2D eigenvalue weighted by atomic mass is 16.5. The monoisotopic (exact) mass is 263 g/mol. The van der Waals surface area contributed by atoms with E-state index in [-0.39, 0.29) is 5.91 Å². The summed E-state index contributed by atoms with van der Waals surface area (Å²) in [5.74, 6) is 0.260. The molecule has 0 aliphatic carbocycles. The summed E-state index contributed by atoms with van der Waals surface area (Å²) in [5, 5.41) is 9.50. The summed E-state index contributed by atoms with van der Waals surface area (Å²) in [6, 6.07) is 5.72. The number of anilines is 2. The van der Waals surface area contributed by atoms with Gasteiger partial charge in [0, 0.05) is 26.7 Å². The van der Waals surface area contributed by atoms with Gasteiger partial charge in [0.2, 0.25) is 0 Å². The van der Waals surface area contributed by atoms with Crippen LogP contribution in [0.5, 0.6) is 0 Å². The van der Waals surface area contributed by atoms with Gasteiger partial charge in [0.1, 0.15) is 0 Å². The molecular formula is C14H21N3O2. The summed E-state index contributed by atoms with van der Waals surface area (Å²) >= 11 is 0. The molecule has 104 valence electrons. The Hall–Kier alpha value is -1.75. The minimum atomic E-state index is -0.0454. The topological polar surface area (TPSA) is 62.4 Å². The molecule has 1 aromatic carbocycles. The van der Waals surface area contributed by atoms with Crippen LogP contribution >= 0.6 is 0 Å². The molecule has 1 aromatic rings. The number of carbonyl (C=O) groups is 1. The molecule has 0 bridgehead atoms. The SMILES string of the molecule is COCC(C)CNC(=O)c1cccc2c1NCCN2. The van der Waals surface area contributed by atoms with Gasteiger partial charge in [-0.25, -0.2) is 0 Å². The number of hydrogen-bond donors (Lipinski definition) is 3. The van der Waals surface area contributed by atoms with Gasteiger partial charge in [-0.2, -0.15) is 0 Å². The molecule has 3 N–H and O–H groups in total. The van der Waals surface area contributed by atoms with E-state index in [1.165, 1.54) is 0 Å². The smallest absolute Gasteiger partial charge is 0.253 e. The summed E-state index contributed by atoms with van der Waals surface area (Å²) in [4.78, 5) is 12.2. The third-order valence-corrected chi connectivity index (χ3v) is 3.11. The summed E-state index contributed by atoms with van der Waals surface area (Å²) in [6.45, 7) is 5.01. The maximum atomic E-state index is 12.2. The van der Waals surface area contributed by atoms with E-state index in [2.05, 4.69) is 16.0 Å². The van der Waals surface area contributed by atoms with E-state index >= 15 is 0 Å². The fraction of sp³-hybridized carbons (Fsp3) is 0.500. The van der Waals surface area contributed by atoms with Crippen LogP contribution in [-0.4, -0.2) is 39.3 Å². The molecule has 0 saturated carbocycles. The molecule has 0 radical (unpaired) electrons. The minimum Gasteiger partial charge on any atom is -0.384 e. The lowest BCUT2D eigenvalue weighted by Gasteiger charge is -2.22. The van der Waals surface area contributed by atoms with Gasteiger partial charge in [-0.1, -0.05) is 13.0 Å². The van der Waals surface area contributed by atoms with Crippen molar-refractivity contribution in [3.8, 4) is 0 Å². The molecule has 0 aromatic heterocycles. The highest BCUT2D eigenvalue weighted by Crippen LogP contribution is 2.28. The Kier molecular flexibility index (Phi) is 4.63. The van der Waals surface area contributed by atoms with Crippen LogP contribution in [0.25, 0.3) is 0 Å². The number of methoxy groups -OCH3 is 1. The zero-order valence-corrected chi connectivity index (χ0v) is 11.5. The van der Waals surface area contributed by atoms with Gasteiger partial charge in [0.15, 0.2) is 0 Å². The first kappa shape index (κ1) is 13.7. The lowest BCUT2D eigenvalue weighted by Crippen LogP contribution is -2.31. The molecule has 2 rings (SSSR count). The van der Waals surface area contributed by atoms with Gasteiger partial charge in [0.05, 0.1) is 23.5 Å². The van der Waals surface area contributed by atoms with E-state index in [0.717, 1.165) is 24.5 Å². The number of amides is 1. The van der Waals surface area contributed by atoms with Crippen molar-refractivity contribution in [2.45, 2.75) is 6.92 Å². The highest BCUT2D eigenvalue weighted by Gasteiger charge is 2.17. The number of para-hydroxylation sites is 1. The van der Waals surface area contributed by atoms with Crippen LogP contribution in [-0.2, 0) is 4.74 Å². The Morgan fingerprint density at radius 1 is 1.42 bits per heavy atom. The number of hydrogen-bond acceptors (Lipinski definition) is 4. The van der Waals surface area contributed by atoms with Crippen molar-refractivity contribution < 1.29 is 9.53 Å². The van der Waals surface area contributed by atoms with Gasteiger partial charge >= 0.3 is 0 Å². The van der Waals surface area contributed by atoms with Crippen molar-refractivity contribution in [2.75, 3.05) is 44.0 Å². The second kappa shape index (κ2) is 6.43. The maximum Gasteiger partial charge on any atom is 0.253 e. The lowest BCUT2D eigenvalue weighted by molar-refractivity contribution is 0.0935. The average Bonchev–Trinajstić information content (AvgIpc) is 2.44. The third-order valence-electron chi connectivity index (χ3n) is 3.11. The Morgan fingerprint density at radius 3 is 3.00 bits per heavy atom. The zero-order valence-electron chi connectivity index (χ0n) is 11.5. The van der Waals surface area contributed by atoms with Gasteiger partial charge in [-0.3, -0.25) is 4.79 Å². The predicted molar refractivity (Wildman–Crippen MR) is 76.8 cm³/mol. The molecule has 5 nitrogen and oxygen atoms in total. The largest absolute Gasteiger partial charge is 0.384 e. The number of nitrogens with one attached hydrogen (secondary N) is 3. The van der Waals surface area contributed by atoms with Crippen molar-refractivity contribution >= 4 is 17.3 Å². The van der Waals surface area contributed by atoms with Gasteiger partial charge in [-0.05, 0) is 18.1 Å². The fourth-order valence-corrected chi connectivity index (χ4v) is 2.17. The summed E-state index contributed by atoms with van der Waals surface area (Å²) < 4.78 is 5.06. The fourth-order valence-electron chi connectivity index (χ4n) is 2.17. The standard InChI is InChI=1S/C14H21N3O2/c1-10(9-19-2)8-17-14(18)11-4-3-5-12-13(11)16-7-6-15-12/h3-5,10,15-16H,6-9H2,1-2H3,(H,17,18). The van der Waals surface area contributed by atoms with Crippen LogP contribution < -0.4 is 16.0 Å². The molecule has 1 atom stereocenters. The second-order valence-electron chi connectivity index (χ2n) is 4.85. The quantitative estimate of drug-likeness (QED) is 0.754. The molecule has 1 amide bonds. The van der Waals surface area contributed by atoms with Gasteiger partial charge < -0.3 is 20.7 Å². The van der Waals surface area contributed by atoms with Crippen LogP contribution in [0.2, 0.25) is 0 Å². The lowest BCUT2D eigenvalue weighted by atomic mass is 10.1. The number of ether oxygens (including phenoxy) is 1. The highest BCUT2D eigenvalue weighted by molar-refractivity contribution is 6.02. The zero-order chi connectivity index (χ0) is 13.7. The van der Waals surface area contributed by atoms with Crippen molar-refractivity contribution in [2.24, 2.45) is 5.92 Å². The number of carbonyl (C=O) groups excluding carboxylic acids is 1. The molecule has 0 spiro atoms. The third kappa shape index (κ3) is 3.38. The first-order valence-corrected chi connectivity index (χ1v) is 6.60. The second-order valence-corrected chi connectivity index (χ2v) is 4.85. The molecule has 1 unspecified atom stereocenters. The van der Waals surface area contributed by atoms with Crippen molar-refractivity contribution in [3.63, 3.8) is 0 Å². The van der Waals surface area contributed by atoms with Crippen LogP contribution in [0.4, 0.5) is 11.4 Å². The first-order valence-electron chi connectivity index (χ1n) is 6.60. The van der Waals surface area contributed by atoms with E-state index in [9.17, 15) is 4.79 Å². The molecule has 1 aliphatic rings. The summed E-state index contributed by atoms with van der Waals surface area (Å²) in [7, 11) is 1.67. The Morgan fingerprint density at radius 2 is 2.21 bits per heavy atom. The van der Waals surface area contributed by atoms with Crippen LogP contribution in [0.15, 0.2) is 18.2 Å². The molecular weight excluding hydrogens is 242 g/mol. The molecule has 0 fully saturated rings. The van der Waals surface area contributed by atoms with Crippen molar-refractivity contribution in [3.05, 3.63) is 23.8 Å². The van der Waals surface area contributed by atoms with Gasteiger partial charge in [-0.15, -0.1) is 0 Å². The Bertz CT molecular complexity index is 448. The van der Waals surface area contributed by atoms with Crippen LogP contribution in [0.3, 0.4) is 0 Å². The molecule has 5 heteroatoms. The number of benzene rings is 1. The average molecular weight is 263 g/mol. The van der Waals surface area contributed by atoms with E-state index in [1.54, 1.807) is 7.11 Å². The van der Waals surface area contributed by atoms with Crippen LogP contribution in [0, 0.1) is 5.92 Å². The maximum absolute atomic E-state index is 12.2. The number of fused-ring (bicyclic) bond motifs is 1. The first-order chi connectivity index (χ1) is 9.22. The molecule has 19 heavy (non-hydrogen) atoms. The van der Waals surface area contributed by atoms with E-state index in [0.29, 0.717) is 24.6 Å². The Balaban J connectivity index is 2.03.